The zero-order valence-corrected chi connectivity index (χ0v) is 13.4. The van der Waals surface area contributed by atoms with Gasteiger partial charge >= 0.3 is 0 Å². The molecule has 0 saturated heterocycles. The van der Waals surface area contributed by atoms with Crippen LogP contribution in [0.15, 0.2) is 35.8 Å². The molecule has 0 aliphatic rings. The Kier molecular flexibility index (Phi) is 4.53. The lowest BCUT2D eigenvalue weighted by Crippen LogP contribution is -2.25. The number of aromatic amines is 1. The fourth-order valence-corrected chi connectivity index (χ4v) is 3.28. The minimum absolute atomic E-state index is 0.0905. The maximum Gasteiger partial charge on any atom is 0.220 e. The summed E-state index contributed by atoms with van der Waals surface area (Å²) in [6, 6.07) is 8.22. The van der Waals surface area contributed by atoms with Crippen molar-refractivity contribution in [2.24, 2.45) is 0 Å². The highest BCUT2D eigenvalue weighted by atomic mass is 32.1. The third-order valence-corrected chi connectivity index (χ3v) is 4.65. The van der Waals surface area contributed by atoms with Gasteiger partial charge in [-0.2, -0.15) is 0 Å². The van der Waals surface area contributed by atoms with Crippen LogP contribution in [0.3, 0.4) is 0 Å². The van der Waals surface area contributed by atoms with E-state index in [2.05, 4.69) is 27.4 Å². The minimum Gasteiger partial charge on any atom is -0.361 e. The first kappa shape index (κ1) is 14.8. The molecular formula is C17H19N3OS. The first-order valence-electron chi connectivity index (χ1n) is 7.45. The van der Waals surface area contributed by atoms with Crippen molar-refractivity contribution in [1.82, 2.24) is 15.3 Å². The summed E-state index contributed by atoms with van der Waals surface area (Å²) in [5.74, 6) is 0.0905. The smallest absolute Gasteiger partial charge is 0.220 e. The van der Waals surface area contributed by atoms with Gasteiger partial charge in [-0.25, -0.2) is 4.98 Å². The molecule has 2 N–H and O–H groups in total. The summed E-state index contributed by atoms with van der Waals surface area (Å²) in [4.78, 5) is 19.5. The van der Waals surface area contributed by atoms with Crippen molar-refractivity contribution in [1.29, 1.82) is 0 Å². The van der Waals surface area contributed by atoms with Crippen LogP contribution in [0.4, 0.5) is 0 Å². The van der Waals surface area contributed by atoms with Crippen molar-refractivity contribution in [3.63, 3.8) is 0 Å². The molecule has 0 aliphatic carbocycles. The van der Waals surface area contributed by atoms with Crippen LogP contribution in [0.1, 0.15) is 22.7 Å². The Morgan fingerprint density at radius 3 is 3.00 bits per heavy atom. The highest BCUT2D eigenvalue weighted by Gasteiger charge is 2.06. The summed E-state index contributed by atoms with van der Waals surface area (Å²) >= 11 is 1.62. The van der Waals surface area contributed by atoms with Crippen molar-refractivity contribution in [2.45, 2.75) is 26.2 Å². The van der Waals surface area contributed by atoms with E-state index in [1.807, 2.05) is 30.6 Å². The van der Waals surface area contributed by atoms with Crippen molar-refractivity contribution in [3.8, 4) is 0 Å². The van der Waals surface area contributed by atoms with Crippen LogP contribution in [-0.2, 0) is 17.6 Å². The van der Waals surface area contributed by atoms with E-state index in [1.165, 1.54) is 10.9 Å². The van der Waals surface area contributed by atoms with Crippen LogP contribution in [-0.4, -0.2) is 22.4 Å². The second kappa shape index (κ2) is 6.75. The molecule has 0 fully saturated rings. The Hall–Kier alpha value is -2.14. The van der Waals surface area contributed by atoms with E-state index in [4.69, 9.17) is 0 Å². The number of para-hydroxylation sites is 1. The number of nitrogens with one attached hydrogen (secondary N) is 2. The molecule has 0 saturated carbocycles. The fraction of sp³-hybridized carbons (Fsp3) is 0.294. The second-order valence-corrected chi connectivity index (χ2v) is 6.28. The van der Waals surface area contributed by atoms with Gasteiger partial charge in [-0.15, -0.1) is 11.3 Å². The van der Waals surface area contributed by atoms with E-state index < -0.39 is 0 Å². The van der Waals surface area contributed by atoms with E-state index in [9.17, 15) is 4.79 Å². The molecular weight excluding hydrogens is 294 g/mol. The Balaban J connectivity index is 1.45. The topological polar surface area (TPSA) is 57.8 Å². The number of aryl methyl sites for hydroxylation is 2. The zero-order valence-electron chi connectivity index (χ0n) is 12.6. The molecule has 2 aromatic heterocycles. The quantitative estimate of drug-likeness (QED) is 0.734. The number of benzene rings is 1. The van der Waals surface area contributed by atoms with Gasteiger partial charge in [-0.1, -0.05) is 18.2 Å². The van der Waals surface area contributed by atoms with E-state index >= 15 is 0 Å². The number of fused-ring (bicyclic) bond motifs is 1. The Morgan fingerprint density at radius 2 is 2.18 bits per heavy atom. The number of nitrogens with zero attached hydrogens (tertiary/aromatic N) is 1. The summed E-state index contributed by atoms with van der Waals surface area (Å²) in [6.07, 6.45) is 4.08. The van der Waals surface area contributed by atoms with Crippen molar-refractivity contribution < 1.29 is 4.79 Å². The molecule has 1 aromatic carbocycles. The molecule has 5 heteroatoms. The largest absolute Gasteiger partial charge is 0.361 e. The fourth-order valence-electron chi connectivity index (χ4n) is 2.50. The van der Waals surface area contributed by atoms with Gasteiger partial charge in [0.15, 0.2) is 0 Å². The molecule has 3 aromatic rings. The van der Waals surface area contributed by atoms with Crippen LogP contribution in [0.5, 0.6) is 0 Å². The average molecular weight is 313 g/mol. The summed E-state index contributed by atoms with van der Waals surface area (Å²) in [7, 11) is 0. The van der Waals surface area contributed by atoms with Crippen molar-refractivity contribution in [2.75, 3.05) is 6.54 Å². The Labute approximate surface area is 133 Å². The minimum atomic E-state index is 0.0905. The van der Waals surface area contributed by atoms with Gasteiger partial charge in [0.05, 0.1) is 5.01 Å². The molecule has 2 heterocycles. The van der Waals surface area contributed by atoms with Crippen molar-refractivity contribution >= 4 is 28.1 Å². The molecule has 114 valence electrons. The Morgan fingerprint density at radius 1 is 1.32 bits per heavy atom. The normalized spacial score (nSPS) is 11.0. The monoisotopic (exact) mass is 313 g/mol. The van der Waals surface area contributed by atoms with E-state index in [0.29, 0.717) is 13.0 Å². The van der Waals surface area contributed by atoms with Crippen LogP contribution in [0.25, 0.3) is 10.9 Å². The number of carbonyl (C=O) groups is 1. The number of amides is 1. The molecule has 0 atom stereocenters. The summed E-state index contributed by atoms with van der Waals surface area (Å²) < 4.78 is 0. The van der Waals surface area contributed by atoms with Gasteiger partial charge in [0.25, 0.3) is 0 Å². The number of aromatic nitrogens is 2. The summed E-state index contributed by atoms with van der Waals surface area (Å²) in [5, 5.41) is 7.27. The summed E-state index contributed by atoms with van der Waals surface area (Å²) in [5.41, 5.74) is 3.41. The van der Waals surface area contributed by atoms with Gasteiger partial charge < -0.3 is 10.3 Å². The lowest BCUT2D eigenvalue weighted by atomic mass is 10.1. The Bertz CT molecular complexity index is 775. The number of rotatable bonds is 6. The predicted octanol–water partition coefficient (Wildman–Crippen LogP) is 3.22. The molecule has 1 amide bonds. The van der Waals surface area contributed by atoms with Gasteiger partial charge in [0, 0.05) is 47.6 Å². The number of thiazole rings is 1. The number of carbonyl (C=O) groups excluding carboxylic acids is 1. The van der Waals surface area contributed by atoms with Crippen LogP contribution >= 0.6 is 11.3 Å². The molecule has 22 heavy (non-hydrogen) atoms. The number of H-pyrrole nitrogens is 1. The molecule has 4 nitrogen and oxygen atoms in total. The third kappa shape index (κ3) is 3.54. The summed E-state index contributed by atoms with van der Waals surface area (Å²) in [6.45, 7) is 2.64. The van der Waals surface area contributed by atoms with Crippen LogP contribution < -0.4 is 5.32 Å². The molecule has 3 rings (SSSR count). The van der Waals surface area contributed by atoms with Crippen LogP contribution in [0.2, 0.25) is 0 Å². The van der Waals surface area contributed by atoms with Gasteiger partial charge in [0.2, 0.25) is 5.91 Å². The van der Waals surface area contributed by atoms with Crippen LogP contribution in [0, 0.1) is 6.92 Å². The van der Waals surface area contributed by atoms with E-state index in [0.717, 1.165) is 29.1 Å². The molecule has 0 aliphatic heterocycles. The molecule has 0 spiro atoms. The molecule has 0 radical (unpaired) electrons. The molecule has 0 bridgehead atoms. The van der Waals surface area contributed by atoms with Gasteiger partial charge in [0.1, 0.15) is 0 Å². The second-order valence-electron chi connectivity index (χ2n) is 5.34. The lowest BCUT2D eigenvalue weighted by molar-refractivity contribution is -0.121. The lowest BCUT2D eigenvalue weighted by Gasteiger charge is -2.04. The van der Waals surface area contributed by atoms with E-state index in [-0.39, 0.29) is 5.91 Å². The van der Waals surface area contributed by atoms with Crippen molar-refractivity contribution in [3.05, 3.63) is 52.1 Å². The maximum absolute atomic E-state index is 11.9. The highest BCUT2D eigenvalue weighted by Crippen LogP contribution is 2.17. The third-order valence-electron chi connectivity index (χ3n) is 3.62. The maximum atomic E-state index is 11.9. The standard InChI is InChI=1S/C17H19N3OS/c1-12-11-22-17(20-12)7-6-16(21)18-9-8-13-10-19-15-5-3-2-4-14(13)15/h2-5,10-11,19H,6-9H2,1H3,(H,18,21). The highest BCUT2D eigenvalue weighted by molar-refractivity contribution is 7.09. The predicted molar refractivity (Wildman–Crippen MR) is 90.2 cm³/mol. The molecule has 0 unspecified atom stereocenters. The van der Waals surface area contributed by atoms with Gasteiger partial charge in [-0.05, 0) is 25.0 Å². The number of hydrogen-bond donors (Lipinski definition) is 2. The first-order chi connectivity index (χ1) is 10.7. The van der Waals surface area contributed by atoms with Gasteiger partial charge in [-0.3, -0.25) is 4.79 Å². The number of hydrogen-bond acceptors (Lipinski definition) is 3. The first-order valence-corrected chi connectivity index (χ1v) is 8.33. The zero-order chi connectivity index (χ0) is 15.4. The average Bonchev–Trinajstić information content (AvgIpc) is 3.12. The van der Waals surface area contributed by atoms with E-state index in [1.54, 1.807) is 11.3 Å². The SMILES string of the molecule is Cc1csc(CCC(=O)NCCc2c[nH]c3ccccc23)n1.